The lowest BCUT2D eigenvalue weighted by molar-refractivity contribution is 0.142. The van der Waals surface area contributed by atoms with E-state index in [4.69, 9.17) is 14.7 Å². The lowest BCUT2D eigenvalue weighted by Crippen LogP contribution is -2.45. The van der Waals surface area contributed by atoms with Crippen molar-refractivity contribution >= 4 is 12.4 Å². The number of halogens is 1. The van der Waals surface area contributed by atoms with Crippen LogP contribution in [-0.2, 0) is 6.54 Å². The third kappa shape index (κ3) is 3.20. The molecule has 0 aromatic carbocycles. The highest BCUT2D eigenvalue weighted by molar-refractivity contribution is 5.85. The fourth-order valence-electron chi connectivity index (χ4n) is 2.41. The third-order valence-electron chi connectivity index (χ3n) is 3.62. The maximum Gasteiger partial charge on any atom is 0.241 e. The highest BCUT2D eigenvalue weighted by Crippen LogP contribution is 2.19. The van der Waals surface area contributed by atoms with E-state index >= 15 is 0 Å². The molecule has 1 fully saturated rings. The molecule has 110 valence electrons. The molecular formula is C13H19ClN4O2. The van der Waals surface area contributed by atoms with Crippen LogP contribution in [0.4, 0.5) is 0 Å². The second kappa shape index (κ2) is 6.39. The van der Waals surface area contributed by atoms with Crippen LogP contribution in [0.3, 0.4) is 0 Å². The molecule has 0 saturated carbocycles. The summed E-state index contributed by atoms with van der Waals surface area (Å²) in [4.78, 5) is 6.65. The normalized spacial score (nSPS) is 23.5. The number of furan rings is 1. The maximum atomic E-state index is 6.01. The molecule has 1 saturated heterocycles. The van der Waals surface area contributed by atoms with E-state index in [0.29, 0.717) is 36.0 Å². The van der Waals surface area contributed by atoms with E-state index in [-0.39, 0.29) is 12.4 Å². The van der Waals surface area contributed by atoms with Crippen LogP contribution in [-0.4, -0.2) is 34.2 Å². The molecule has 0 amide bonds. The number of nitrogens with two attached hydrogens (primary N) is 1. The maximum absolute atomic E-state index is 6.01. The topological polar surface area (TPSA) is 81.3 Å². The highest BCUT2D eigenvalue weighted by Gasteiger charge is 2.24. The van der Waals surface area contributed by atoms with E-state index < -0.39 is 0 Å². The van der Waals surface area contributed by atoms with Gasteiger partial charge in [0.1, 0.15) is 0 Å². The van der Waals surface area contributed by atoms with E-state index in [1.165, 1.54) is 0 Å². The van der Waals surface area contributed by atoms with Gasteiger partial charge < -0.3 is 14.7 Å². The summed E-state index contributed by atoms with van der Waals surface area (Å²) in [6, 6.07) is 3.92. The Morgan fingerprint density at radius 3 is 3.05 bits per heavy atom. The van der Waals surface area contributed by atoms with Gasteiger partial charge in [-0.25, -0.2) is 0 Å². The Hall–Kier alpha value is -1.37. The highest BCUT2D eigenvalue weighted by atomic mass is 35.5. The first-order valence-electron chi connectivity index (χ1n) is 6.57. The summed E-state index contributed by atoms with van der Waals surface area (Å²) < 4.78 is 10.5. The molecule has 3 rings (SSSR count). The predicted molar refractivity (Wildman–Crippen MR) is 76.3 cm³/mol. The first-order valence-corrected chi connectivity index (χ1v) is 6.57. The van der Waals surface area contributed by atoms with Gasteiger partial charge in [0.05, 0.1) is 12.8 Å². The summed E-state index contributed by atoms with van der Waals surface area (Å²) in [5.74, 6) is 2.25. The van der Waals surface area contributed by atoms with E-state index in [9.17, 15) is 0 Å². The Kier molecular flexibility index (Phi) is 4.80. The number of nitrogens with zero attached hydrogens (tertiary/aromatic N) is 3. The van der Waals surface area contributed by atoms with Crippen LogP contribution < -0.4 is 5.73 Å². The molecule has 2 aromatic heterocycles. The van der Waals surface area contributed by atoms with Crippen molar-refractivity contribution in [3.05, 3.63) is 24.3 Å². The molecule has 0 spiro atoms. The summed E-state index contributed by atoms with van der Waals surface area (Å²) in [6.07, 6.45) is 2.61. The summed E-state index contributed by atoms with van der Waals surface area (Å²) in [5.41, 5.74) is 6.01. The van der Waals surface area contributed by atoms with Crippen molar-refractivity contribution in [1.29, 1.82) is 0 Å². The molecule has 2 N–H and O–H groups in total. The second-order valence-corrected chi connectivity index (χ2v) is 5.15. The minimum absolute atomic E-state index is 0. The average molecular weight is 299 g/mol. The van der Waals surface area contributed by atoms with Gasteiger partial charge in [-0.15, -0.1) is 12.4 Å². The zero-order chi connectivity index (χ0) is 13.2. The summed E-state index contributed by atoms with van der Waals surface area (Å²) in [6.45, 7) is 4.80. The quantitative estimate of drug-likeness (QED) is 0.932. The van der Waals surface area contributed by atoms with Crippen LogP contribution in [0, 0.1) is 5.92 Å². The van der Waals surface area contributed by atoms with E-state index in [1.54, 1.807) is 12.3 Å². The monoisotopic (exact) mass is 298 g/mol. The first-order chi connectivity index (χ1) is 9.22. The first kappa shape index (κ1) is 15.0. The molecule has 1 aliphatic heterocycles. The molecule has 20 heavy (non-hydrogen) atoms. The summed E-state index contributed by atoms with van der Waals surface area (Å²) >= 11 is 0. The van der Waals surface area contributed by atoms with Crippen LogP contribution in [0.5, 0.6) is 0 Å². The second-order valence-electron chi connectivity index (χ2n) is 5.15. The van der Waals surface area contributed by atoms with Gasteiger partial charge in [-0.05, 0) is 24.5 Å². The van der Waals surface area contributed by atoms with Crippen molar-refractivity contribution in [1.82, 2.24) is 15.0 Å². The SMILES string of the molecule is CC1CN(Cc2nc(-c3ccco3)no2)CCC1N.Cl. The Balaban J connectivity index is 0.00000147. The van der Waals surface area contributed by atoms with Gasteiger partial charge in [-0.3, -0.25) is 4.90 Å². The van der Waals surface area contributed by atoms with Crippen LogP contribution in [0.2, 0.25) is 0 Å². The standard InChI is InChI=1S/C13H18N4O2.ClH/c1-9-7-17(5-4-10(9)14)8-12-15-13(16-19-12)11-3-2-6-18-11;/h2-3,6,9-10H,4-5,7-8,14H2,1H3;1H. The van der Waals surface area contributed by atoms with Crippen molar-refractivity contribution in [3.8, 4) is 11.6 Å². The van der Waals surface area contributed by atoms with E-state index in [2.05, 4.69) is 22.0 Å². The Bertz CT molecular complexity index is 528. The molecular weight excluding hydrogens is 280 g/mol. The fraction of sp³-hybridized carbons (Fsp3) is 0.538. The van der Waals surface area contributed by atoms with Crippen LogP contribution >= 0.6 is 12.4 Å². The van der Waals surface area contributed by atoms with Gasteiger partial charge in [0.2, 0.25) is 11.7 Å². The molecule has 2 atom stereocenters. The van der Waals surface area contributed by atoms with Crippen molar-refractivity contribution in [3.63, 3.8) is 0 Å². The average Bonchev–Trinajstić information content (AvgIpc) is 3.04. The Morgan fingerprint density at radius 2 is 2.35 bits per heavy atom. The smallest absolute Gasteiger partial charge is 0.241 e. The zero-order valence-electron chi connectivity index (χ0n) is 11.4. The molecule has 0 aliphatic carbocycles. The van der Waals surface area contributed by atoms with Crippen LogP contribution in [0.15, 0.2) is 27.3 Å². The van der Waals surface area contributed by atoms with Crippen LogP contribution in [0.25, 0.3) is 11.6 Å². The number of hydrogen-bond acceptors (Lipinski definition) is 6. The van der Waals surface area contributed by atoms with Crippen molar-refractivity contribution in [2.45, 2.75) is 25.9 Å². The predicted octanol–water partition coefficient (Wildman–Crippen LogP) is 1.92. The lowest BCUT2D eigenvalue weighted by Gasteiger charge is -2.34. The molecule has 0 bridgehead atoms. The minimum atomic E-state index is 0. The molecule has 0 radical (unpaired) electrons. The van der Waals surface area contributed by atoms with Gasteiger partial charge in [-0.1, -0.05) is 12.1 Å². The Labute approximate surface area is 123 Å². The molecule has 3 heterocycles. The van der Waals surface area contributed by atoms with E-state index in [0.717, 1.165) is 19.5 Å². The summed E-state index contributed by atoms with van der Waals surface area (Å²) in [7, 11) is 0. The number of piperidine rings is 1. The van der Waals surface area contributed by atoms with Gasteiger partial charge in [0, 0.05) is 19.1 Å². The van der Waals surface area contributed by atoms with Gasteiger partial charge >= 0.3 is 0 Å². The molecule has 6 nitrogen and oxygen atoms in total. The molecule has 1 aliphatic rings. The molecule has 7 heteroatoms. The molecule has 2 unspecified atom stereocenters. The lowest BCUT2D eigenvalue weighted by atomic mass is 9.95. The zero-order valence-corrected chi connectivity index (χ0v) is 12.2. The Morgan fingerprint density at radius 1 is 1.50 bits per heavy atom. The van der Waals surface area contributed by atoms with Gasteiger partial charge in [0.25, 0.3) is 0 Å². The summed E-state index contributed by atoms with van der Waals surface area (Å²) in [5, 5.41) is 3.93. The van der Waals surface area contributed by atoms with Gasteiger partial charge in [0.15, 0.2) is 5.76 Å². The minimum Gasteiger partial charge on any atom is -0.461 e. The van der Waals surface area contributed by atoms with Gasteiger partial charge in [-0.2, -0.15) is 4.98 Å². The fourth-order valence-corrected chi connectivity index (χ4v) is 2.41. The van der Waals surface area contributed by atoms with Crippen molar-refractivity contribution < 1.29 is 8.94 Å². The van der Waals surface area contributed by atoms with Crippen molar-refractivity contribution in [2.24, 2.45) is 11.7 Å². The number of rotatable bonds is 3. The van der Waals surface area contributed by atoms with Crippen LogP contribution in [0.1, 0.15) is 19.2 Å². The number of hydrogen-bond donors (Lipinski definition) is 1. The largest absolute Gasteiger partial charge is 0.461 e. The van der Waals surface area contributed by atoms with E-state index in [1.807, 2.05) is 6.07 Å². The number of aromatic nitrogens is 2. The van der Waals surface area contributed by atoms with Crippen molar-refractivity contribution in [2.75, 3.05) is 13.1 Å². The molecule has 2 aromatic rings. The number of likely N-dealkylation sites (tertiary alicyclic amines) is 1. The third-order valence-corrected chi connectivity index (χ3v) is 3.62.